The highest BCUT2D eigenvalue weighted by molar-refractivity contribution is 5.93. The Labute approximate surface area is 188 Å². The molecule has 2 saturated heterocycles. The number of piperidine rings is 1. The molecule has 11 heteroatoms. The quantitative estimate of drug-likeness (QED) is 0.473. The number of halogens is 3. The van der Waals surface area contributed by atoms with E-state index < -0.39 is 11.7 Å². The lowest BCUT2D eigenvalue weighted by Gasteiger charge is -2.29. The summed E-state index contributed by atoms with van der Waals surface area (Å²) in [4.78, 5) is 15.9. The standard InChI is InChI=1S/C22H26F3N7O/c1-12-19(33-8-7-27-12)17-5-4-14-15(10-28-20(14)31-17)18-16(22(23,24)25)11-29-21(32-18)30-13-3-2-6-26-9-13/h4-5,10-13,19,26-27H,2-3,6-9H2,1H3,(H,28,31)(H,29,30,32)/t12?,13-,19-/m0/s1. The van der Waals surface area contributed by atoms with Crippen molar-refractivity contribution in [2.75, 3.05) is 31.6 Å². The second kappa shape index (κ2) is 8.88. The number of aromatic nitrogens is 4. The van der Waals surface area contributed by atoms with Crippen LogP contribution in [0.15, 0.2) is 24.5 Å². The molecule has 3 atom stereocenters. The minimum absolute atomic E-state index is 0.0709. The molecule has 0 aliphatic carbocycles. The Morgan fingerprint density at radius 1 is 1.18 bits per heavy atom. The van der Waals surface area contributed by atoms with Gasteiger partial charge in [0.05, 0.1) is 18.0 Å². The summed E-state index contributed by atoms with van der Waals surface area (Å²) in [5.74, 6) is 0.182. The molecule has 2 fully saturated rings. The minimum atomic E-state index is -4.59. The summed E-state index contributed by atoms with van der Waals surface area (Å²) in [5, 5.41) is 10.3. The van der Waals surface area contributed by atoms with Gasteiger partial charge in [-0.1, -0.05) is 0 Å². The molecule has 2 aliphatic rings. The molecule has 0 spiro atoms. The summed E-state index contributed by atoms with van der Waals surface area (Å²) in [6, 6.07) is 3.73. The Bertz CT molecular complexity index is 1130. The van der Waals surface area contributed by atoms with Gasteiger partial charge in [0, 0.05) is 48.5 Å². The van der Waals surface area contributed by atoms with Gasteiger partial charge < -0.3 is 25.7 Å². The van der Waals surface area contributed by atoms with E-state index in [1.165, 1.54) is 6.20 Å². The number of hydrogen-bond acceptors (Lipinski definition) is 7. The summed E-state index contributed by atoms with van der Waals surface area (Å²) in [7, 11) is 0. The number of alkyl halides is 3. The minimum Gasteiger partial charge on any atom is -0.369 e. The molecule has 5 rings (SSSR count). The van der Waals surface area contributed by atoms with Crippen molar-refractivity contribution in [1.82, 2.24) is 30.6 Å². The third-order valence-electron chi connectivity index (χ3n) is 6.15. The van der Waals surface area contributed by atoms with Crippen molar-refractivity contribution in [3.05, 3.63) is 35.8 Å². The third-order valence-corrected chi connectivity index (χ3v) is 6.15. The number of nitrogens with one attached hydrogen (secondary N) is 4. The zero-order valence-corrected chi connectivity index (χ0v) is 18.2. The number of pyridine rings is 1. The molecule has 0 radical (unpaired) electrons. The van der Waals surface area contributed by atoms with Gasteiger partial charge in [-0.25, -0.2) is 15.0 Å². The molecule has 5 heterocycles. The molecule has 4 N–H and O–H groups in total. The summed E-state index contributed by atoms with van der Waals surface area (Å²) >= 11 is 0. The number of morpholine rings is 1. The maximum Gasteiger partial charge on any atom is 0.419 e. The van der Waals surface area contributed by atoms with Crippen molar-refractivity contribution in [2.45, 2.75) is 44.1 Å². The van der Waals surface area contributed by atoms with E-state index in [9.17, 15) is 13.2 Å². The molecule has 1 unspecified atom stereocenters. The van der Waals surface area contributed by atoms with Gasteiger partial charge in [-0.3, -0.25) is 0 Å². The largest absolute Gasteiger partial charge is 0.419 e. The van der Waals surface area contributed by atoms with Gasteiger partial charge in [0.25, 0.3) is 0 Å². The molecule has 0 bridgehead atoms. The van der Waals surface area contributed by atoms with Gasteiger partial charge in [0.2, 0.25) is 5.95 Å². The van der Waals surface area contributed by atoms with E-state index in [2.05, 4.69) is 35.9 Å². The van der Waals surface area contributed by atoms with Crippen molar-refractivity contribution in [1.29, 1.82) is 0 Å². The maximum absolute atomic E-state index is 13.8. The van der Waals surface area contributed by atoms with E-state index >= 15 is 0 Å². The van der Waals surface area contributed by atoms with Gasteiger partial charge in [0.15, 0.2) is 0 Å². The highest BCUT2D eigenvalue weighted by Crippen LogP contribution is 2.39. The second-order valence-corrected chi connectivity index (χ2v) is 8.51. The first-order chi connectivity index (χ1) is 15.9. The van der Waals surface area contributed by atoms with Crippen LogP contribution in [-0.2, 0) is 10.9 Å². The number of anilines is 1. The van der Waals surface area contributed by atoms with E-state index in [4.69, 9.17) is 4.74 Å². The highest BCUT2D eigenvalue weighted by Gasteiger charge is 2.36. The van der Waals surface area contributed by atoms with Crippen LogP contribution in [0, 0.1) is 0 Å². The van der Waals surface area contributed by atoms with Crippen LogP contribution in [0.1, 0.15) is 37.1 Å². The van der Waals surface area contributed by atoms with Gasteiger partial charge in [0.1, 0.15) is 17.3 Å². The number of hydrogen-bond donors (Lipinski definition) is 4. The number of aromatic amines is 1. The van der Waals surface area contributed by atoms with Crippen LogP contribution in [0.2, 0.25) is 0 Å². The lowest BCUT2D eigenvalue weighted by molar-refractivity contribution is -0.137. The van der Waals surface area contributed by atoms with E-state index in [0.717, 1.165) is 44.4 Å². The van der Waals surface area contributed by atoms with Crippen molar-refractivity contribution >= 4 is 17.0 Å². The van der Waals surface area contributed by atoms with Crippen molar-refractivity contribution in [3.8, 4) is 11.3 Å². The predicted octanol–water partition coefficient (Wildman–Crippen LogP) is 3.25. The molecule has 2 aliphatic heterocycles. The first-order valence-corrected chi connectivity index (χ1v) is 11.1. The molecule has 0 aromatic carbocycles. The smallest absolute Gasteiger partial charge is 0.369 e. The van der Waals surface area contributed by atoms with Crippen molar-refractivity contribution < 1.29 is 17.9 Å². The molecule has 8 nitrogen and oxygen atoms in total. The second-order valence-electron chi connectivity index (χ2n) is 8.51. The Morgan fingerprint density at radius 2 is 2.06 bits per heavy atom. The monoisotopic (exact) mass is 461 g/mol. The van der Waals surface area contributed by atoms with Crippen LogP contribution in [0.25, 0.3) is 22.3 Å². The molecule has 3 aromatic heterocycles. The summed E-state index contributed by atoms with van der Waals surface area (Å²) in [6.45, 7) is 5.02. The van der Waals surface area contributed by atoms with Crippen LogP contribution in [0.5, 0.6) is 0 Å². The topological polar surface area (TPSA) is 99.8 Å². The number of rotatable bonds is 4. The number of nitrogens with zero attached hydrogens (tertiary/aromatic N) is 3. The van der Waals surface area contributed by atoms with Crippen LogP contribution in [-0.4, -0.2) is 58.3 Å². The highest BCUT2D eigenvalue weighted by atomic mass is 19.4. The van der Waals surface area contributed by atoms with Crippen LogP contribution in [0.3, 0.4) is 0 Å². The molecule has 0 saturated carbocycles. The summed E-state index contributed by atoms with van der Waals surface area (Å²) < 4.78 is 47.3. The van der Waals surface area contributed by atoms with E-state index in [-0.39, 0.29) is 29.8 Å². The number of fused-ring (bicyclic) bond motifs is 1. The Morgan fingerprint density at radius 3 is 2.82 bits per heavy atom. The van der Waals surface area contributed by atoms with E-state index in [0.29, 0.717) is 23.2 Å². The first-order valence-electron chi connectivity index (χ1n) is 11.1. The molecule has 176 valence electrons. The molecule has 33 heavy (non-hydrogen) atoms. The average Bonchev–Trinajstić information content (AvgIpc) is 3.22. The fraction of sp³-hybridized carbons (Fsp3) is 0.500. The lowest BCUT2D eigenvalue weighted by atomic mass is 10.0. The maximum atomic E-state index is 13.8. The Balaban J connectivity index is 1.52. The third kappa shape index (κ3) is 4.53. The van der Waals surface area contributed by atoms with E-state index in [1.807, 2.05) is 6.92 Å². The number of H-pyrrole nitrogens is 1. The van der Waals surface area contributed by atoms with Gasteiger partial charge >= 0.3 is 6.18 Å². The van der Waals surface area contributed by atoms with Crippen LogP contribution >= 0.6 is 0 Å². The number of ether oxygens (including phenoxy) is 1. The van der Waals surface area contributed by atoms with Crippen molar-refractivity contribution in [3.63, 3.8) is 0 Å². The molecular weight excluding hydrogens is 435 g/mol. The fourth-order valence-electron chi connectivity index (χ4n) is 4.46. The van der Waals surface area contributed by atoms with Crippen LogP contribution in [0.4, 0.5) is 19.1 Å². The van der Waals surface area contributed by atoms with Gasteiger partial charge in [-0.05, 0) is 38.4 Å². The average molecular weight is 461 g/mol. The summed E-state index contributed by atoms with van der Waals surface area (Å²) in [6.07, 6.45) is -0.545. The van der Waals surface area contributed by atoms with Crippen LogP contribution < -0.4 is 16.0 Å². The van der Waals surface area contributed by atoms with Crippen molar-refractivity contribution in [2.24, 2.45) is 0 Å². The normalized spacial score (nSPS) is 24.2. The molecule has 3 aromatic rings. The molecular formula is C22H26F3N7O. The van der Waals surface area contributed by atoms with E-state index in [1.54, 1.807) is 12.1 Å². The Hall–Kier alpha value is -2.76. The zero-order valence-electron chi connectivity index (χ0n) is 18.2. The SMILES string of the molecule is CC1NCCO[C@@H]1c1ccc2c(-c3nc(N[C@H]4CCCNC4)ncc3C(F)(F)F)c[nH]c2n1. The molecule has 0 amide bonds. The predicted molar refractivity (Wildman–Crippen MR) is 118 cm³/mol. The Kier molecular flexibility index (Phi) is 5.94. The van der Waals surface area contributed by atoms with Gasteiger partial charge in [-0.2, -0.15) is 13.2 Å². The lowest BCUT2D eigenvalue weighted by Crippen LogP contribution is -2.41. The fourth-order valence-corrected chi connectivity index (χ4v) is 4.46. The first kappa shape index (κ1) is 22.1. The summed E-state index contributed by atoms with van der Waals surface area (Å²) in [5.41, 5.74) is 0.490. The van der Waals surface area contributed by atoms with Gasteiger partial charge in [-0.15, -0.1) is 0 Å². The zero-order chi connectivity index (χ0) is 23.0.